The van der Waals surface area contributed by atoms with Gasteiger partial charge in [-0.25, -0.2) is 9.78 Å². The second kappa shape index (κ2) is 6.82. The summed E-state index contributed by atoms with van der Waals surface area (Å²) in [6.07, 6.45) is 5.75. The summed E-state index contributed by atoms with van der Waals surface area (Å²) in [4.78, 5) is 30.8. The Morgan fingerprint density at radius 1 is 1.27 bits per heavy atom. The van der Waals surface area contributed by atoms with Gasteiger partial charge in [-0.3, -0.25) is 9.36 Å². The molecule has 1 fully saturated rings. The van der Waals surface area contributed by atoms with E-state index in [0.29, 0.717) is 17.0 Å². The van der Waals surface area contributed by atoms with Gasteiger partial charge in [0.2, 0.25) is 5.91 Å². The minimum absolute atomic E-state index is 0.0289. The van der Waals surface area contributed by atoms with Gasteiger partial charge in [0, 0.05) is 32.0 Å². The molecule has 2 aromatic heterocycles. The Morgan fingerprint density at radius 2 is 2.04 bits per heavy atom. The number of oxazole rings is 1. The lowest BCUT2D eigenvalue weighted by Gasteiger charge is -2.32. The summed E-state index contributed by atoms with van der Waals surface area (Å²) < 4.78 is 8.78. The topological polar surface area (TPSA) is 73.3 Å². The molecule has 1 saturated heterocycles. The smallest absolute Gasteiger partial charge is 0.408 e. The first-order valence-corrected chi connectivity index (χ1v) is 8.95. The molecule has 0 radical (unpaired) electrons. The highest BCUT2D eigenvalue weighted by Gasteiger charge is 2.24. The molecule has 0 saturated carbocycles. The van der Waals surface area contributed by atoms with E-state index < -0.39 is 5.76 Å². The molecule has 0 N–H and O–H groups in total. The van der Waals surface area contributed by atoms with Crippen LogP contribution in [0.2, 0.25) is 0 Å². The van der Waals surface area contributed by atoms with Crippen LogP contribution in [0.1, 0.15) is 18.7 Å². The summed E-state index contributed by atoms with van der Waals surface area (Å²) in [5, 5.41) is 0. The maximum Gasteiger partial charge on any atom is 0.420 e. The number of carbonyl (C=O) groups excluding carboxylic acids is 1. The number of fused-ring (bicyclic) bond motifs is 1. The van der Waals surface area contributed by atoms with Crippen LogP contribution in [0.3, 0.4) is 0 Å². The number of hydrogen-bond donors (Lipinski definition) is 0. The first-order chi connectivity index (χ1) is 12.6. The zero-order valence-corrected chi connectivity index (χ0v) is 14.8. The average Bonchev–Trinajstić information content (AvgIpc) is 3.19. The second-order valence-corrected chi connectivity index (χ2v) is 6.87. The Bertz CT molecular complexity index is 976. The number of aromatic nitrogens is 3. The van der Waals surface area contributed by atoms with E-state index in [0.717, 1.165) is 38.3 Å². The number of piperidine rings is 1. The Morgan fingerprint density at radius 3 is 2.77 bits per heavy atom. The minimum atomic E-state index is -0.481. The van der Waals surface area contributed by atoms with Crippen LogP contribution in [0.25, 0.3) is 11.1 Å². The molecule has 0 spiro atoms. The number of carbonyl (C=O) groups is 1. The summed E-state index contributed by atoms with van der Waals surface area (Å²) in [7, 11) is 0. The SMILES string of the molecule is Cc1nccn1CC1CCN(C(=O)Cn2c(=O)oc3ccccc32)CC1. The van der Waals surface area contributed by atoms with Gasteiger partial charge in [-0.2, -0.15) is 0 Å². The third kappa shape index (κ3) is 3.16. The molecule has 1 aromatic carbocycles. The van der Waals surface area contributed by atoms with Gasteiger partial charge in [0.05, 0.1) is 5.52 Å². The highest BCUT2D eigenvalue weighted by molar-refractivity contribution is 5.79. The van der Waals surface area contributed by atoms with E-state index in [1.54, 1.807) is 12.1 Å². The number of rotatable bonds is 4. The fourth-order valence-corrected chi connectivity index (χ4v) is 3.64. The van der Waals surface area contributed by atoms with Gasteiger partial charge < -0.3 is 13.9 Å². The highest BCUT2D eigenvalue weighted by atomic mass is 16.4. The monoisotopic (exact) mass is 354 g/mol. The van der Waals surface area contributed by atoms with Crippen molar-refractivity contribution in [2.45, 2.75) is 32.9 Å². The van der Waals surface area contributed by atoms with Crippen LogP contribution >= 0.6 is 0 Å². The van der Waals surface area contributed by atoms with Crippen molar-refractivity contribution in [3.8, 4) is 0 Å². The Labute approximate surface area is 150 Å². The van der Waals surface area contributed by atoms with Crippen LogP contribution in [-0.4, -0.2) is 38.0 Å². The van der Waals surface area contributed by atoms with Gasteiger partial charge in [-0.15, -0.1) is 0 Å². The lowest BCUT2D eigenvalue weighted by Crippen LogP contribution is -2.41. The first-order valence-electron chi connectivity index (χ1n) is 8.95. The number of aryl methyl sites for hydroxylation is 1. The van der Waals surface area contributed by atoms with E-state index in [2.05, 4.69) is 9.55 Å². The molecule has 3 heterocycles. The molecule has 7 nitrogen and oxygen atoms in total. The van der Waals surface area contributed by atoms with Gasteiger partial charge in [0.15, 0.2) is 5.58 Å². The molecule has 7 heteroatoms. The summed E-state index contributed by atoms with van der Waals surface area (Å²) in [5.74, 6) is 1.06. The molecule has 4 rings (SSSR count). The minimum Gasteiger partial charge on any atom is -0.408 e. The van der Waals surface area contributed by atoms with Crippen molar-refractivity contribution in [1.29, 1.82) is 0 Å². The zero-order valence-electron chi connectivity index (χ0n) is 14.8. The summed E-state index contributed by atoms with van der Waals surface area (Å²) in [5.41, 5.74) is 1.18. The van der Waals surface area contributed by atoms with E-state index in [4.69, 9.17) is 4.42 Å². The summed E-state index contributed by atoms with van der Waals surface area (Å²) in [6, 6.07) is 7.18. The van der Waals surface area contributed by atoms with Crippen molar-refractivity contribution in [3.63, 3.8) is 0 Å². The number of nitrogens with zero attached hydrogens (tertiary/aromatic N) is 4. The van der Waals surface area contributed by atoms with Crippen molar-refractivity contribution in [2.75, 3.05) is 13.1 Å². The molecule has 1 aliphatic heterocycles. The highest BCUT2D eigenvalue weighted by Crippen LogP contribution is 2.20. The number of amides is 1. The van der Waals surface area contributed by atoms with Crippen molar-refractivity contribution in [1.82, 2.24) is 19.0 Å². The van der Waals surface area contributed by atoms with Crippen LogP contribution in [-0.2, 0) is 17.9 Å². The molecule has 0 unspecified atom stereocenters. The maximum absolute atomic E-state index is 12.6. The molecule has 0 atom stereocenters. The van der Waals surface area contributed by atoms with Gasteiger partial charge in [0.1, 0.15) is 12.4 Å². The number of benzene rings is 1. The molecule has 3 aromatic rings. The largest absolute Gasteiger partial charge is 0.420 e. The van der Waals surface area contributed by atoms with Crippen LogP contribution in [0, 0.1) is 12.8 Å². The zero-order chi connectivity index (χ0) is 18.1. The lowest BCUT2D eigenvalue weighted by atomic mass is 9.96. The third-order valence-corrected chi connectivity index (χ3v) is 5.21. The molecule has 0 bridgehead atoms. The molecular weight excluding hydrogens is 332 g/mol. The number of likely N-dealkylation sites (tertiary alicyclic amines) is 1. The molecule has 26 heavy (non-hydrogen) atoms. The lowest BCUT2D eigenvalue weighted by molar-refractivity contribution is -0.133. The first kappa shape index (κ1) is 16.6. The number of hydrogen-bond acceptors (Lipinski definition) is 4. The van der Waals surface area contributed by atoms with Crippen LogP contribution < -0.4 is 5.76 Å². The van der Waals surface area contributed by atoms with Crippen LogP contribution in [0.4, 0.5) is 0 Å². The summed E-state index contributed by atoms with van der Waals surface area (Å²) >= 11 is 0. The number of para-hydroxylation sites is 2. The fourth-order valence-electron chi connectivity index (χ4n) is 3.64. The molecule has 0 aliphatic carbocycles. The predicted molar refractivity (Wildman–Crippen MR) is 96.7 cm³/mol. The second-order valence-electron chi connectivity index (χ2n) is 6.87. The van der Waals surface area contributed by atoms with Crippen LogP contribution in [0.5, 0.6) is 0 Å². The molecule has 1 aliphatic rings. The van der Waals surface area contributed by atoms with Gasteiger partial charge in [-0.05, 0) is 37.8 Å². The van der Waals surface area contributed by atoms with E-state index in [1.165, 1.54) is 4.57 Å². The number of imidazole rings is 1. The molecular formula is C19H22N4O3. The van der Waals surface area contributed by atoms with Crippen LogP contribution in [0.15, 0.2) is 45.9 Å². The standard InChI is InChI=1S/C19H22N4O3/c1-14-20-8-11-22(14)12-15-6-9-21(10-7-15)18(24)13-23-16-4-2-3-5-17(16)26-19(23)25/h2-5,8,11,15H,6-7,9-10,12-13H2,1H3. The van der Waals surface area contributed by atoms with E-state index >= 15 is 0 Å². The normalized spacial score (nSPS) is 15.7. The quantitative estimate of drug-likeness (QED) is 0.719. The Kier molecular flexibility index (Phi) is 4.36. The Balaban J connectivity index is 1.38. The van der Waals surface area contributed by atoms with Crippen molar-refractivity contribution >= 4 is 17.0 Å². The van der Waals surface area contributed by atoms with Gasteiger partial charge >= 0.3 is 5.76 Å². The van der Waals surface area contributed by atoms with Gasteiger partial charge in [0.25, 0.3) is 0 Å². The van der Waals surface area contributed by atoms with E-state index in [-0.39, 0.29) is 12.5 Å². The average molecular weight is 354 g/mol. The van der Waals surface area contributed by atoms with E-state index in [9.17, 15) is 9.59 Å². The molecule has 1 amide bonds. The van der Waals surface area contributed by atoms with Crippen molar-refractivity contribution in [3.05, 3.63) is 53.0 Å². The van der Waals surface area contributed by atoms with Crippen molar-refractivity contribution in [2.24, 2.45) is 5.92 Å². The summed E-state index contributed by atoms with van der Waals surface area (Å²) in [6.45, 7) is 4.43. The predicted octanol–water partition coefficient (Wildman–Crippen LogP) is 2.04. The van der Waals surface area contributed by atoms with E-state index in [1.807, 2.05) is 36.4 Å². The fraction of sp³-hybridized carbons (Fsp3) is 0.421. The Hall–Kier alpha value is -2.83. The third-order valence-electron chi connectivity index (χ3n) is 5.21. The molecule has 136 valence electrons. The van der Waals surface area contributed by atoms with Gasteiger partial charge in [-0.1, -0.05) is 12.1 Å². The van der Waals surface area contributed by atoms with Crippen molar-refractivity contribution < 1.29 is 9.21 Å². The maximum atomic E-state index is 12.6.